The van der Waals surface area contributed by atoms with Gasteiger partial charge < -0.3 is 0 Å². The third-order valence-electron chi connectivity index (χ3n) is 4.38. The number of allylic oxidation sites excluding steroid dienone is 1. The van der Waals surface area contributed by atoms with Crippen molar-refractivity contribution in [2.24, 2.45) is 0 Å². The molecule has 0 spiro atoms. The second-order valence-electron chi connectivity index (χ2n) is 6.87. The molecule has 0 aliphatic carbocycles. The molecule has 0 amide bonds. The zero-order valence-corrected chi connectivity index (χ0v) is 14.8. The summed E-state index contributed by atoms with van der Waals surface area (Å²) in [4.78, 5) is 23.8. The van der Waals surface area contributed by atoms with E-state index >= 15 is 0 Å². The Morgan fingerprint density at radius 2 is 1.29 bits per heavy atom. The first kappa shape index (κ1) is 17.9. The largest absolute Gasteiger partial charge is 0.295 e. The van der Waals surface area contributed by atoms with E-state index in [-0.39, 0.29) is 17.0 Å². The number of benzene rings is 2. The van der Waals surface area contributed by atoms with Crippen LogP contribution < -0.4 is 0 Å². The van der Waals surface area contributed by atoms with Crippen LogP contribution in [-0.4, -0.2) is 11.6 Å². The van der Waals surface area contributed by atoms with Gasteiger partial charge in [-0.05, 0) is 42.4 Å². The van der Waals surface area contributed by atoms with Crippen molar-refractivity contribution in [3.63, 3.8) is 0 Å². The molecule has 2 aromatic rings. The van der Waals surface area contributed by atoms with Gasteiger partial charge >= 0.3 is 0 Å². The molecule has 2 aromatic carbocycles. The molecule has 0 radical (unpaired) electrons. The van der Waals surface area contributed by atoms with Crippen LogP contribution in [-0.2, 0) is 5.41 Å². The average Bonchev–Trinajstić information content (AvgIpc) is 2.54. The van der Waals surface area contributed by atoms with Crippen LogP contribution >= 0.6 is 0 Å². The highest BCUT2D eigenvalue weighted by Crippen LogP contribution is 2.36. The zero-order chi connectivity index (χ0) is 17.9. The highest BCUT2D eigenvalue weighted by molar-refractivity contribution is 5.99. The molecule has 124 valence electrons. The summed E-state index contributed by atoms with van der Waals surface area (Å²) >= 11 is 0. The van der Waals surface area contributed by atoms with Crippen molar-refractivity contribution in [1.82, 2.24) is 0 Å². The van der Waals surface area contributed by atoms with Crippen molar-refractivity contribution in [3.8, 4) is 0 Å². The number of Topliss-reactive ketones (excluding diaryl/α,β-unsaturated/α-hetero) is 2. The van der Waals surface area contributed by atoms with Gasteiger partial charge in [0.1, 0.15) is 0 Å². The Balaban J connectivity index is 2.39. The second kappa shape index (κ2) is 6.96. The van der Waals surface area contributed by atoms with Gasteiger partial charge in [-0.25, -0.2) is 0 Å². The summed E-state index contributed by atoms with van der Waals surface area (Å²) in [6, 6.07) is 15.3. The fourth-order valence-corrected chi connectivity index (χ4v) is 3.20. The van der Waals surface area contributed by atoms with Gasteiger partial charge in [0.2, 0.25) is 0 Å². The normalized spacial score (nSPS) is 11.2. The minimum atomic E-state index is -0.261. The first-order valence-corrected chi connectivity index (χ1v) is 8.12. The molecule has 2 nitrogen and oxygen atoms in total. The number of carbonyl (C=O) groups excluding carboxylic acids is 2. The first-order valence-electron chi connectivity index (χ1n) is 8.12. The van der Waals surface area contributed by atoms with Crippen molar-refractivity contribution < 1.29 is 9.59 Å². The molecule has 2 heteroatoms. The molecule has 0 N–H and O–H groups in total. The van der Waals surface area contributed by atoms with Crippen molar-refractivity contribution in [2.75, 3.05) is 0 Å². The average molecular weight is 320 g/mol. The molecular weight excluding hydrogens is 296 g/mol. The van der Waals surface area contributed by atoms with Gasteiger partial charge in [0.15, 0.2) is 11.6 Å². The second-order valence-corrected chi connectivity index (χ2v) is 6.87. The van der Waals surface area contributed by atoms with Gasteiger partial charge in [0, 0.05) is 11.1 Å². The van der Waals surface area contributed by atoms with Crippen LogP contribution in [0.4, 0.5) is 0 Å². The van der Waals surface area contributed by atoms with Gasteiger partial charge in [-0.2, -0.15) is 0 Å². The summed E-state index contributed by atoms with van der Waals surface area (Å²) < 4.78 is 0. The van der Waals surface area contributed by atoms with Crippen LogP contribution in [0.5, 0.6) is 0 Å². The molecule has 24 heavy (non-hydrogen) atoms. The summed E-state index contributed by atoms with van der Waals surface area (Å²) in [6.45, 7) is 11.6. The molecule has 0 saturated heterocycles. The quantitative estimate of drug-likeness (QED) is 0.661. The lowest BCUT2D eigenvalue weighted by Crippen LogP contribution is -2.21. The Morgan fingerprint density at radius 3 is 1.83 bits per heavy atom. The van der Waals surface area contributed by atoms with Gasteiger partial charge in [-0.15, -0.1) is 0 Å². The van der Waals surface area contributed by atoms with E-state index in [9.17, 15) is 9.59 Å². The fourth-order valence-electron chi connectivity index (χ4n) is 3.20. The molecular formula is C22H24O2. The number of ketones is 2. The Bertz CT molecular complexity index is 797. The molecule has 0 aromatic heterocycles. The van der Waals surface area contributed by atoms with Crippen molar-refractivity contribution in [3.05, 3.63) is 77.4 Å². The number of carbonyl (C=O) groups is 2. The maximum atomic E-state index is 11.9. The lowest BCUT2D eigenvalue weighted by molar-refractivity contribution is 0.100. The molecule has 0 heterocycles. The standard InChI is InChI=1S/C22H24O2/c1-15(18-10-6-7-11-19(18)16(2)23)14-22(4,5)21-13-9-8-12-20(21)17(3)24/h6-13H,1,14H2,2-5H3. The van der Waals surface area contributed by atoms with E-state index in [1.807, 2.05) is 48.5 Å². The summed E-state index contributed by atoms with van der Waals surface area (Å²) in [7, 11) is 0. The molecule has 0 aliphatic heterocycles. The van der Waals surface area contributed by atoms with E-state index in [1.165, 1.54) is 0 Å². The SMILES string of the molecule is C=C(CC(C)(C)c1ccccc1C(C)=O)c1ccccc1C(C)=O. The summed E-state index contributed by atoms with van der Waals surface area (Å²) in [5.41, 5.74) is 3.98. The van der Waals surface area contributed by atoms with Crippen molar-refractivity contribution in [2.45, 2.75) is 39.5 Å². The van der Waals surface area contributed by atoms with Crippen LogP contribution in [0.25, 0.3) is 5.57 Å². The summed E-state index contributed by atoms with van der Waals surface area (Å²) in [5, 5.41) is 0. The van der Waals surface area contributed by atoms with Crippen LogP contribution in [0, 0.1) is 0 Å². The van der Waals surface area contributed by atoms with E-state index in [2.05, 4.69) is 20.4 Å². The molecule has 0 fully saturated rings. The number of hydrogen-bond acceptors (Lipinski definition) is 2. The highest BCUT2D eigenvalue weighted by atomic mass is 16.1. The van der Waals surface area contributed by atoms with Crippen LogP contribution in [0.1, 0.15) is 66.0 Å². The highest BCUT2D eigenvalue weighted by Gasteiger charge is 2.26. The Morgan fingerprint density at radius 1 is 0.833 bits per heavy atom. The monoisotopic (exact) mass is 320 g/mol. The van der Waals surface area contributed by atoms with Crippen LogP contribution in [0.3, 0.4) is 0 Å². The predicted molar refractivity (Wildman–Crippen MR) is 99.6 cm³/mol. The Kier molecular flexibility index (Phi) is 5.18. The van der Waals surface area contributed by atoms with Gasteiger partial charge in [-0.1, -0.05) is 69.0 Å². The fraction of sp³-hybridized carbons (Fsp3) is 0.273. The lowest BCUT2D eigenvalue weighted by atomic mass is 9.75. The summed E-state index contributed by atoms with van der Waals surface area (Å²) in [5.74, 6) is 0.0992. The van der Waals surface area contributed by atoms with Crippen LogP contribution in [0.2, 0.25) is 0 Å². The lowest BCUT2D eigenvalue weighted by Gasteiger charge is -2.29. The van der Waals surface area contributed by atoms with Gasteiger partial charge in [0.25, 0.3) is 0 Å². The molecule has 0 unspecified atom stereocenters. The summed E-state index contributed by atoms with van der Waals surface area (Å²) in [6.07, 6.45) is 0.668. The van der Waals surface area contributed by atoms with E-state index in [4.69, 9.17) is 0 Å². The van der Waals surface area contributed by atoms with Gasteiger partial charge in [0.05, 0.1) is 0 Å². The Labute approximate surface area is 144 Å². The first-order chi connectivity index (χ1) is 11.2. The molecule has 0 atom stereocenters. The van der Waals surface area contributed by atoms with Crippen molar-refractivity contribution >= 4 is 17.1 Å². The van der Waals surface area contributed by atoms with E-state index < -0.39 is 0 Å². The smallest absolute Gasteiger partial charge is 0.160 e. The molecule has 0 aliphatic rings. The topological polar surface area (TPSA) is 34.1 Å². The van der Waals surface area contributed by atoms with E-state index in [0.29, 0.717) is 12.0 Å². The minimum absolute atomic E-state index is 0.0358. The molecule has 2 rings (SSSR count). The van der Waals surface area contributed by atoms with Gasteiger partial charge in [-0.3, -0.25) is 9.59 Å². The predicted octanol–water partition coefficient (Wildman–Crippen LogP) is 5.47. The van der Waals surface area contributed by atoms with E-state index in [1.54, 1.807) is 13.8 Å². The number of rotatable bonds is 6. The Hall–Kier alpha value is -2.48. The maximum absolute atomic E-state index is 11.9. The third-order valence-corrected chi connectivity index (χ3v) is 4.38. The zero-order valence-electron chi connectivity index (χ0n) is 14.8. The molecule has 0 bridgehead atoms. The van der Waals surface area contributed by atoms with E-state index in [0.717, 1.165) is 22.3 Å². The maximum Gasteiger partial charge on any atom is 0.160 e. The van der Waals surface area contributed by atoms with Crippen LogP contribution in [0.15, 0.2) is 55.1 Å². The minimum Gasteiger partial charge on any atom is -0.295 e. The molecule has 0 saturated carbocycles. The van der Waals surface area contributed by atoms with Crippen molar-refractivity contribution in [1.29, 1.82) is 0 Å². The third kappa shape index (κ3) is 3.70. The number of hydrogen-bond donors (Lipinski definition) is 0.